The zero-order chi connectivity index (χ0) is 15.0. The van der Waals surface area contributed by atoms with Gasteiger partial charge in [0.15, 0.2) is 0 Å². The third kappa shape index (κ3) is 5.01. The molecule has 0 atom stereocenters. The quantitative estimate of drug-likeness (QED) is 0.664. The molecule has 20 heavy (non-hydrogen) atoms. The number of benzene rings is 1. The maximum absolute atomic E-state index is 11.7. The van der Waals surface area contributed by atoms with Crippen molar-refractivity contribution in [2.75, 3.05) is 25.5 Å². The van der Waals surface area contributed by atoms with Crippen molar-refractivity contribution in [1.29, 1.82) is 0 Å². The predicted octanol–water partition coefficient (Wildman–Crippen LogP) is 1.68. The van der Waals surface area contributed by atoms with E-state index in [9.17, 15) is 9.59 Å². The lowest BCUT2D eigenvalue weighted by Gasteiger charge is -2.10. The van der Waals surface area contributed by atoms with Crippen LogP contribution < -0.4 is 16.0 Å². The number of amides is 2. The average molecular weight is 277 g/mol. The van der Waals surface area contributed by atoms with Crippen molar-refractivity contribution >= 4 is 17.5 Å². The van der Waals surface area contributed by atoms with Crippen LogP contribution >= 0.6 is 0 Å². The summed E-state index contributed by atoms with van der Waals surface area (Å²) in [6.45, 7) is 5.18. The highest BCUT2D eigenvalue weighted by molar-refractivity contribution is 5.96. The molecular weight excluding hydrogens is 254 g/mol. The first-order valence-electron chi connectivity index (χ1n) is 6.91. The van der Waals surface area contributed by atoms with E-state index in [2.05, 4.69) is 16.0 Å². The zero-order valence-electron chi connectivity index (χ0n) is 12.4. The molecule has 1 aromatic carbocycles. The molecule has 5 nitrogen and oxygen atoms in total. The van der Waals surface area contributed by atoms with E-state index in [1.54, 1.807) is 18.2 Å². The summed E-state index contributed by atoms with van der Waals surface area (Å²) in [5.41, 5.74) is 2.25. The lowest BCUT2D eigenvalue weighted by molar-refractivity contribution is -0.116. The smallest absolute Gasteiger partial charge is 0.251 e. The highest BCUT2D eigenvalue weighted by Gasteiger charge is 2.08. The molecule has 0 aromatic heterocycles. The molecule has 0 unspecified atom stereocenters. The Balaban J connectivity index is 2.64. The van der Waals surface area contributed by atoms with E-state index in [0.29, 0.717) is 18.5 Å². The molecule has 110 valence electrons. The number of anilines is 1. The Morgan fingerprint density at radius 2 is 2.00 bits per heavy atom. The number of hydrogen-bond acceptors (Lipinski definition) is 3. The Morgan fingerprint density at radius 3 is 2.60 bits per heavy atom. The molecular formula is C15H23N3O2. The summed E-state index contributed by atoms with van der Waals surface area (Å²) >= 11 is 0. The van der Waals surface area contributed by atoms with Crippen molar-refractivity contribution in [2.24, 2.45) is 0 Å². The first-order chi connectivity index (χ1) is 9.58. The van der Waals surface area contributed by atoms with Gasteiger partial charge in [0.25, 0.3) is 5.91 Å². The summed E-state index contributed by atoms with van der Waals surface area (Å²) in [6.07, 6.45) is 1.29. The van der Waals surface area contributed by atoms with Gasteiger partial charge in [-0.2, -0.15) is 0 Å². The van der Waals surface area contributed by atoms with Crippen LogP contribution in [-0.4, -0.2) is 32.0 Å². The third-order valence-electron chi connectivity index (χ3n) is 2.93. The van der Waals surface area contributed by atoms with E-state index in [-0.39, 0.29) is 11.8 Å². The molecule has 3 N–H and O–H groups in total. The average Bonchev–Trinajstić information content (AvgIpc) is 2.41. The van der Waals surface area contributed by atoms with Crippen molar-refractivity contribution < 1.29 is 9.59 Å². The first kappa shape index (κ1) is 16.2. The maximum Gasteiger partial charge on any atom is 0.251 e. The van der Waals surface area contributed by atoms with E-state index in [0.717, 1.165) is 24.2 Å². The highest BCUT2D eigenvalue weighted by atomic mass is 16.2. The van der Waals surface area contributed by atoms with Gasteiger partial charge in [-0.05, 0) is 57.6 Å². The summed E-state index contributed by atoms with van der Waals surface area (Å²) in [4.78, 5) is 23.4. The summed E-state index contributed by atoms with van der Waals surface area (Å²) in [7, 11) is 1.86. The molecule has 0 spiro atoms. The number of rotatable bonds is 7. The third-order valence-corrected chi connectivity index (χ3v) is 2.93. The Hall–Kier alpha value is -1.88. The molecule has 0 fully saturated rings. The number of nitrogens with one attached hydrogen (secondary N) is 3. The van der Waals surface area contributed by atoms with Crippen molar-refractivity contribution in [3.05, 3.63) is 29.3 Å². The summed E-state index contributed by atoms with van der Waals surface area (Å²) in [5, 5.41) is 8.62. The first-order valence-corrected chi connectivity index (χ1v) is 6.91. The Kier molecular flexibility index (Phi) is 6.73. The van der Waals surface area contributed by atoms with Gasteiger partial charge in [0, 0.05) is 24.2 Å². The van der Waals surface area contributed by atoms with Crippen LogP contribution in [0, 0.1) is 6.92 Å². The molecule has 0 saturated carbocycles. The van der Waals surface area contributed by atoms with E-state index in [1.807, 2.05) is 20.9 Å². The number of carbonyl (C=O) groups is 2. The molecule has 0 saturated heterocycles. The molecule has 0 radical (unpaired) electrons. The van der Waals surface area contributed by atoms with Crippen molar-refractivity contribution in [1.82, 2.24) is 10.6 Å². The highest BCUT2D eigenvalue weighted by Crippen LogP contribution is 2.17. The van der Waals surface area contributed by atoms with E-state index in [1.165, 1.54) is 0 Å². The topological polar surface area (TPSA) is 70.2 Å². The van der Waals surface area contributed by atoms with Crippen LogP contribution in [0.2, 0.25) is 0 Å². The molecule has 0 aliphatic carbocycles. The fourth-order valence-electron chi connectivity index (χ4n) is 1.85. The lowest BCUT2D eigenvalue weighted by Crippen LogP contribution is -2.22. The minimum absolute atomic E-state index is 0.00545. The molecule has 2 amide bonds. The van der Waals surface area contributed by atoms with Gasteiger partial charge in [-0.15, -0.1) is 0 Å². The van der Waals surface area contributed by atoms with E-state index >= 15 is 0 Å². The second-order valence-electron chi connectivity index (χ2n) is 4.64. The van der Waals surface area contributed by atoms with Crippen LogP contribution in [0.1, 0.15) is 35.7 Å². The predicted molar refractivity (Wildman–Crippen MR) is 81.0 cm³/mol. The van der Waals surface area contributed by atoms with Gasteiger partial charge < -0.3 is 16.0 Å². The SMILES string of the molecule is CCNC(=O)c1ccc(NC(=O)CCCNC)c(C)c1. The summed E-state index contributed by atoms with van der Waals surface area (Å²) < 4.78 is 0. The molecule has 0 aliphatic heterocycles. The molecule has 1 aromatic rings. The monoisotopic (exact) mass is 277 g/mol. The zero-order valence-corrected chi connectivity index (χ0v) is 12.4. The van der Waals surface area contributed by atoms with Gasteiger partial charge in [-0.3, -0.25) is 9.59 Å². The number of carbonyl (C=O) groups excluding carboxylic acids is 2. The van der Waals surface area contributed by atoms with Gasteiger partial charge in [-0.25, -0.2) is 0 Å². The second kappa shape index (κ2) is 8.32. The van der Waals surface area contributed by atoms with Crippen LogP contribution in [-0.2, 0) is 4.79 Å². The minimum Gasteiger partial charge on any atom is -0.352 e. The van der Waals surface area contributed by atoms with Gasteiger partial charge in [0.05, 0.1) is 0 Å². The normalized spacial score (nSPS) is 10.2. The Labute approximate surface area is 120 Å². The Bertz CT molecular complexity index is 472. The maximum atomic E-state index is 11.7. The molecule has 5 heteroatoms. The molecule has 0 aliphatic rings. The second-order valence-corrected chi connectivity index (χ2v) is 4.64. The summed E-state index contributed by atoms with van der Waals surface area (Å²) in [6, 6.07) is 5.28. The molecule has 0 heterocycles. The van der Waals surface area contributed by atoms with Gasteiger partial charge in [0.2, 0.25) is 5.91 Å². The van der Waals surface area contributed by atoms with Crippen LogP contribution in [0.3, 0.4) is 0 Å². The van der Waals surface area contributed by atoms with Gasteiger partial charge in [0.1, 0.15) is 0 Å². The molecule has 0 bridgehead atoms. The fourth-order valence-corrected chi connectivity index (χ4v) is 1.85. The number of hydrogen-bond donors (Lipinski definition) is 3. The van der Waals surface area contributed by atoms with E-state index in [4.69, 9.17) is 0 Å². The Morgan fingerprint density at radius 1 is 1.25 bits per heavy atom. The van der Waals surface area contributed by atoms with Crippen LogP contribution in [0.4, 0.5) is 5.69 Å². The summed E-state index contributed by atoms with van der Waals surface area (Å²) in [5.74, 6) is -0.100. The number of aryl methyl sites for hydroxylation is 1. The van der Waals surface area contributed by atoms with Crippen molar-refractivity contribution in [2.45, 2.75) is 26.7 Å². The lowest BCUT2D eigenvalue weighted by atomic mass is 10.1. The van der Waals surface area contributed by atoms with Crippen molar-refractivity contribution in [3.8, 4) is 0 Å². The fraction of sp³-hybridized carbons (Fsp3) is 0.467. The van der Waals surface area contributed by atoms with Crippen molar-refractivity contribution in [3.63, 3.8) is 0 Å². The standard InChI is InChI=1S/C15H23N3O2/c1-4-17-15(20)12-7-8-13(11(2)10-12)18-14(19)6-5-9-16-3/h7-8,10,16H,4-6,9H2,1-3H3,(H,17,20)(H,18,19). The van der Waals surface area contributed by atoms with Gasteiger partial charge >= 0.3 is 0 Å². The largest absolute Gasteiger partial charge is 0.352 e. The molecule has 1 rings (SSSR count). The van der Waals surface area contributed by atoms with Crippen LogP contribution in [0.15, 0.2) is 18.2 Å². The van der Waals surface area contributed by atoms with Crippen LogP contribution in [0.25, 0.3) is 0 Å². The minimum atomic E-state index is -0.0949. The van der Waals surface area contributed by atoms with E-state index < -0.39 is 0 Å². The van der Waals surface area contributed by atoms with Gasteiger partial charge in [-0.1, -0.05) is 0 Å². The van der Waals surface area contributed by atoms with Crippen LogP contribution in [0.5, 0.6) is 0 Å².